The van der Waals surface area contributed by atoms with E-state index < -0.39 is 0 Å². The van der Waals surface area contributed by atoms with Gasteiger partial charge in [0.05, 0.1) is 0 Å². The highest BCUT2D eigenvalue weighted by Gasteiger charge is 2.51. The predicted octanol–water partition coefficient (Wildman–Crippen LogP) is 1.82. The van der Waals surface area contributed by atoms with E-state index in [4.69, 9.17) is 0 Å². The van der Waals surface area contributed by atoms with Gasteiger partial charge in [0, 0.05) is 43.6 Å². The Morgan fingerprint density at radius 3 is 2.18 bits per heavy atom. The van der Waals surface area contributed by atoms with Crippen LogP contribution in [0.3, 0.4) is 0 Å². The van der Waals surface area contributed by atoms with Gasteiger partial charge in [-0.1, -0.05) is 0 Å². The molecular formula is C15H24N2. The van der Waals surface area contributed by atoms with E-state index in [9.17, 15) is 0 Å². The van der Waals surface area contributed by atoms with Crippen molar-refractivity contribution in [1.29, 1.82) is 0 Å². The van der Waals surface area contributed by atoms with Gasteiger partial charge < -0.3 is 4.90 Å². The van der Waals surface area contributed by atoms with Gasteiger partial charge in [-0.25, -0.2) is 0 Å². The van der Waals surface area contributed by atoms with Crippen molar-refractivity contribution in [1.82, 2.24) is 9.80 Å². The Morgan fingerprint density at radius 2 is 1.65 bits per heavy atom. The summed E-state index contributed by atoms with van der Waals surface area (Å²) in [6.45, 7) is 7.37. The molecule has 0 N–H and O–H groups in total. The number of rotatable bonds is 1. The van der Waals surface area contributed by atoms with Gasteiger partial charge in [-0.15, -0.1) is 11.8 Å². The van der Waals surface area contributed by atoms with Crippen molar-refractivity contribution in [3.05, 3.63) is 0 Å². The van der Waals surface area contributed by atoms with Crippen LogP contribution in [0.25, 0.3) is 0 Å². The summed E-state index contributed by atoms with van der Waals surface area (Å²) >= 11 is 0. The first kappa shape index (κ1) is 11.6. The Hall–Kier alpha value is -0.520. The topological polar surface area (TPSA) is 6.48 Å². The van der Waals surface area contributed by atoms with Crippen molar-refractivity contribution in [2.45, 2.75) is 38.6 Å². The van der Waals surface area contributed by atoms with Crippen LogP contribution in [0.1, 0.15) is 32.6 Å². The monoisotopic (exact) mass is 232 g/mol. The summed E-state index contributed by atoms with van der Waals surface area (Å²) in [4.78, 5) is 5.19. The summed E-state index contributed by atoms with van der Waals surface area (Å²) in [5, 5.41) is 0. The van der Waals surface area contributed by atoms with Crippen molar-refractivity contribution >= 4 is 0 Å². The molecule has 3 aliphatic rings. The van der Waals surface area contributed by atoms with Crippen molar-refractivity contribution in [3.8, 4) is 11.8 Å². The molecule has 1 spiro atoms. The highest BCUT2D eigenvalue weighted by molar-refractivity contribution is 5.08. The van der Waals surface area contributed by atoms with Gasteiger partial charge >= 0.3 is 0 Å². The predicted molar refractivity (Wildman–Crippen MR) is 70.7 cm³/mol. The van der Waals surface area contributed by atoms with Crippen LogP contribution in [0, 0.1) is 23.2 Å². The summed E-state index contributed by atoms with van der Waals surface area (Å²) < 4.78 is 0. The van der Waals surface area contributed by atoms with Crippen LogP contribution >= 0.6 is 0 Å². The van der Waals surface area contributed by atoms with Crippen molar-refractivity contribution in [2.24, 2.45) is 11.3 Å². The zero-order valence-corrected chi connectivity index (χ0v) is 11.2. The molecule has 2 aliphatic heterocycles. The van der Waals surface area contributed by atoms with Gasteiger partial charge in [0.15, 0.2) is 0 Å². The molecule has 0 amide bonds. The van der Waals surface area contributed by atoms with Crippen molar-refractivity contribution in [2.75, 3.05) is 33.2 Å². The summed E-state index contributed by atoms with van der Waals surface area (Å²) in [6.07, 6.45) is 5.42. The molecule has 1 saturated carbocycles. The van der Waals surface area contributed by atoms with Crippen molar-refractivity contribution < 1.29 is 0 Å². The summed E-state index contributed by atoms with van der Waals surface area (Å²) in [7, 11) is 2.24. The highest BCUT2D eigenvalue weighted by Crippen LogP contribution is 2.42. The van der Waals surface area contributed by atoms with Crippen LogP contribution in [0.5, 0.6) is 0 Å². The summed E-state index contributed by atoms with van der Waals surface area (Å²) in [5.41, 5.74) is 0.703. The van der Waals surface area contributed by atoms with E-state index in [1.807, 2.05) is 6.92 Å². The smallest absolute Gasteiger partial charge is 0.0212 e. The Kier molecular flexibility index (Phi) is 2.92. The SMILES string of the molecule is CC#CC1CCC(N2CC3(CN(C)C3)C2)CC1. The fourth-order valence-corrected chi connectivity index (χ4v) is 4.16. The van der Waals surface area contributed by atoms with Gasteiger partial charge in [-0.3, -0.25) is 4.90 Å². The van der Waals surface area contributed by atoms with Gasteiger partial charge in [0.25, 0.3) is 0 Å². The summed E-state index contributed by atoms with van der Waals surface area (Å²) in [6, 6.07) is 0.876. The molecule has 2 nitrogen and oxygen atoms in total. The second kappa shape index (κ2) is 4.30. The molecule has 0 atom stereocenters. The van der Waals surface area contributed by atoms with Gasteiger partial charge in [-0.2, -0.15) is 0 Å². The first-order valence-corrected chi connectivity index (χ1v) is 7.06. The van der Waals surface area contributed by atoms with Crippen LogP contribution in [-0.2, 0) is 0 Å². The molecule has 0 aromatic rings. The molecule has 2 heterocycles. The van der Waals surface area contributed by atoms with E-state index in [-0.39, 0.29) is 0 Å². The standard InChI is InChI=1S/C15H24N2/c1-3-4-13-5-7-14(8-6-13)17-11-15(12-17)9-16(2)10-15/h13-14H,5-12H2,1-2H3. The first-order chi connectivity index (χ1) is 8.21. The zero-order valence-electron chi connectivity index (χ0n) is 11.2. The average molecular weight is 232 g/mol. The van der Waals surface area contributed by atoms with Gasteiger partial charge in [0.2, 0.25) is 0 Å². The first-order valence-electron chi connectivity index (χ1n) is 7.06. The minimum atomic E-state index is 0.696. The van der Waals surface area contributed by atoms with Crippen molar-refractivity contribution in [3.63, 3.8) is 0 Å². The minimum absolute atomic E-state index is 0.696. The number of likely N-dealkylation sites (tertiary alicyclic amines) is 2. The van der Waals surface area contributed by atoms with Crippen LogP contribution in [0.2, 0.25) is 0 Å². The maximum atomic E-state index is 3.35. The molecule has 0 aromatic heterocycles. The molecule has 3 rings (SSSR count). The number of hydrogen-bond acceptors (Lipinski definition) is 2. The van der Waals surface area contributed by atoms with E-state index in [0.717, 1.165) is 6.04 Å². The lowest BCUT2D eigenvalue weighted by Crippen LogP contribution is -2.72. The average Bonchev–Trinajstić information content (AvgIpc) is 2.23. The van der Waals surface area contributed by atoms with Crippen LogP contribution < -0.4 is 0 Å². The maximum absolute atomic E-state index is 3.35. The highest BCUT2D eigenvalue weighted by atomic mass is 15.3. The van der Waals surface area contributed by atoms with Gasteiger partial charge in [0.1, 0.15) is 0 Å². The van der Waals surface area contributed by atoms with Crippen LogP contribution in [-0.4, -0.2) is 49.1 Å². The van der Waals surface area contributed by atoms with E-state index in [1.54, 1.807) is 0 Å². The third kappa shape index (κ3) is 2.11. The Morgan fingerprint density at radius 1 is 1.00 bits per heavy atom. The lowest BCUT2D eigenvalue weighted by atomic mass is 9.71. The maximum Gasteiger partial charge on any atom is 0.0212 e. The zero-order chi connectivity index (χ0) is 11.9. The summed E-state index contributed by atoms with van der Waals surface area (Å²) in [5.74, 6) is 7.12. The molecule has 0 bridgehead atoms. The molecule has 1 aliphatic carbocycles. The Balaban J connectivity index is 1.44. The second-order valence-corrected chi connectivity index (χ2v) is 6.48. The molecule has 2 heteroatoms. The van der Waals surface area contributed by atoms with Gasteiger partial charge in [-0.05, 0) is 39.7 Å². The fourth-order valence-electron chi connectivity index (χ4n) is 4.16. The molecule has 0 radical (unpaired) electrons. The molecule has 94 valence electrons. The largest absolute Gasteiger partial charge is 0.305 e. The number of nitrogens with zero attached hydrogens (tertiary/aromatic N) is 2. The van der Waals surface area contributed by atoms with E-state index >= 15 is 0 Å². The molecule has 0 aromatic carbocycles. The quantitative estimate of drug-likeness (QED) is 0.636. The molecular weight excluding hydrogens is 208 g/mol. The normalized spacial score (nSPS) is 36.8. The van der Waals surface area contributed by atoms with E-state index in [2.05, 4.69) is 28.7 Å². The molecule has 3 fully saturated rings. The second-order valence-electron chi connectivity index (χ2n) is 6.48. The number of hydrogen-bond donors (Lipinski definition) is 0. The third-order valence-corrected chi connectivity index (χ3v) is 4.85. The lowest BCUT2D eigenvalue weighted by molar-refractivity contribution is -0.126. The van der Waals surface area contributed by atoms with Crippen LogP contribution in [0.4, 0.5) is 0 Å². The Labute approximate surface area is 105 Å². The molecule has 2 saturated heterocycles. The van der Waals surface area contributed by atoms with E-state index in [1.165, 1.54) is 51.9 Å². The fraction of sp³-hybridized carbons (Fsp3) is 0.867. The third-order valence-electron chi connectivity index (χ3n) is 4.85. The minimum Gasteiger partial charge on any atom is -0.305 e. The molecule has 0 unspecified atom stereocenters. The molecule has 17 heavy (non-hydrogen) atoms. The lowest BCUT2D eigenvalue weighted by Gasteiger charge is -2.62. The van der Waals surface area contributed by atoms with E-state index in [0.29, 0.717) is 11.3 Å². The van der Waals surface area contributed by atoms with Crippen LogP contribution in [0.15, 0.2) is 0 Å². The Bertz CT molecular complexity index is 330.